The summed E-state index contributed by atoms with van der Waals surface area (Å²) in [5.74, 6) is -0.409. The molecule has 0 aromatic heterocycles. The lowest BCUT2D eigenvalue weighted by molar-refractivity contribution is -0.139. The van der Waals surface area contributed by atoms with Crippen LogP contribution in [-0.4, -0.2) is 12.6 Å². The molecule has 0 aliphatic heterocycles. The molecule has 0 rings (SSSR count). The third-order valence-electron chi connectivity index (χ3n) is 0.750. The molecule has 0 bridgehead atoms. The van der Waals surface area contributed by atoms with Crippen LogP contribution in [0.1, 0.15) is 24.8 Å². The molecule has 0 fully saturated rings. The van der Waals surface area contributed by atoms with E-state index in [0.29, 0.717) is 5.57 Å². The van der Waals surface area contributed by atoms with Crippen molar-refractivity contribution in [1.29, 1.82) is 0 Å². The van der Waals surface area contributed by atoms with Crippen molar-refractivity contribution < 1.29 is 13.6 Å². The lowest BCUT2D eigenvalue weighted by Crippen LogP contribution is -2.00. The SMILES string of the molecule is [2H]C([2H])([2H])/C=C(\C)COC(C)=O. The molecule has 2 heteroatoms. The fourth-order valence-corrected chi connectivity index (χ4v) is 0.257. The molecule has 0 aliphatic rings. The van der Waals surface area contributed by atoms with Gasteiger partial charge in [0.2, 0.25) is 0 Å². The van der Waals surface area contributed by atoms with Crippen molar-refractivity contribution in [3.8, 4) is 0 Å². The number of ether oxygens (including phenoxy) is 1. The molecule has 0 saturated heterocycles. The van der Waals surface area contributed by atoms with Gasteiger partial charge >= 0.3 is 5.97 Å². The van der Waals surface area contributed by atoms with Gasteiger partial charge in [-0.15, -0.1) is 0 Å². The van der Waals surface area contributed by atoms with Gasteiger partial charge in [0.25, 0.3) is 0 Å². The van der Waals surface area contributed by atoms with Crippen LogP contribution in [0.4, 0.5) is 0 Å². The van der Waals surface area contributed by atoms with Crippen molar-refractivity contribution in [2.45, 2.75) is 20.7 Å². The maximum Gasteiger partial charge on any atom is 0.302 e. The Labute approximate surface area is 59.7 Å². The Kier molecular flexibility index (Phi) is 1.88. The monoisotopic (exact) mass is 131 g/mol. The van der Waals surface area contributed by atoms with E-state index < -0.39 is 12.8 Å². The second-order valence-corrected chi connectivity index (χ2v) is 1.77. The Bertz CT molecular complexity index is 193. The second-order valence-electron chi connectivity index (χ2n) is 1.77. The average Bonchev–Trinajstić information content (AvgIpc) is 1.79. The van der Waals surface area contributed by atoms with Gasteiger partial charge in [0.15, 0.2) is 0 Å². The molecule has 0 N–H and O–H groups in total. The van der Waals surface area contributed by atoms with Crippen molar-refractivity contribution in [3.05, 3.63) is 11.6 Å². The van der Waals surface area contributed by atoms with E-state index in [-0.39, 0.29) is 6.61 Å². The normalized spacial score (nSPS) is 17.6. The highest BCUT2D eigenvalue weighted by molar-refractivity contribution is 5.66. The van der Waals surface area contributed by atoms with E-state index in [1.165, 1.54) is 6.92 Å². The summed E-state index contributed by atoms with van der Waals surface area (Å²) >= 11 is 0. The molecular formula is C7H12O2. The zero-order valence-corrected chi connectivity index (χ0v) is 5.60. The highest BCUT2D eigenvalue weighted by Crippen LogP contribution is 1.91. The molecule has 52 valence electrons. The Morgan fingerprint density at radius 1 is 1.78 bits per heavy atom. The van der Waals surface area contributed by atoms with Crippen LogP contribution < -0.4 is 0 Å². The molecule has 0 heterocycles. The quantitative estimate of drug-likeness (QED) is 0.419. The minimum atomic E-state index is -2.09. The molecule has 9 heavy (non-hydrogen) atoms. The molecule has 0 aliphatic carbocycles. The highest BCUT2D eigenvalue weighted by atomic mass is 16.5. The van der Waals surface area contributed by atoms with Gasteiger partial charge in [-0.05, 0) is 19.3 Å². The Morgan fingerprint density at radius 2 is 2.44 bits per heavy atom. The lowest BCUT2D eigenvalue weighted by atomic mass is 10.3. The van der Waals surface area contributed by atoms with E-state index in [4.69, 9.17) is 4.11 Å². The summed E-state index contributed by atoms with van der Waals surface area (Å²) in [6, 6.07) is 0. The predicted molar refractivity (Wildman–Crippen MR) is 36.1 cm³/mol. The van der Waals surface area contributed by atoms with Crippen molar-refractivity contribution in [1.82, 2.24) is 0 Å². The number of carbonyl (C=O) groups excluding carboxylic acids is 1. The first-order valence-electron chi connectivity index (χ1n) is 4.13. The van der Waals surface area contributed by atoms with Crippen molar-refractivity contribution in [2.24, 2.45) is 0 Å². The lowest BCUT2D eigenvalue weighted by Gasteiger charge is -1.98. The van der Waals surface area contributed by atoms with Gasteiger partial charge in [0, 0.05) is 11.0 Å². The predicted octanol–water partition coefficient (Wildman–Crippen LogP) is 1.52. The maximum atomic E-state index is 10.3. The standard InChI is InChI=1S/C7H12O2/c1-4-6(2)5-9-7(3)8/h4H,5H2,1-3H3/b6-4+/i1D3. The Morgan fingerprint density at radius 3 is 2.89 bits per heavy atom. The van der Waals surface area contributed by atoms with Crippen LogP contribution in [0, 0.1) is 0 Å². The first-order valence-corrected chi connectivity index (χ1v) is 2.63. The van der Waals surface area contributed by atoms with Crippen molar-refractivity contribution in [2.75, 3.05) is 6.61 Å². The molecular weight excluding hydrogens is 116 g/mol. The summed E-state index contributed by atoms with van der Waals surface area (Å²) in [5.41, 5.74) is 0.533. The van der Waals surface area contributed by atoms with E-state index in [9.17, 15) is 4.79 Å². The van der Waals surface area contributed by atoms with Gasteiger partial charge in [-0.25, -0.2) is 0 Å². The van der Waals surface area contributed by atoms with Gasteiger partial charge in [0.05, 0.1) is 0 Å². The third kappa shape index (κ3) is 5.07. The number of rotatable bonds is 2. The third-order valence-corrected chi connectivity index (χ3v) is 0.750. The van der Waals surface area contributed by atoms with Crippen LogP contribution in [0.5, 0.6) is 0 Å². The molecule has 0 spiro atoms. The van der Waals surface area contributed by atoms with E-state index in [0.717, 1.165) is 6.08 Å². The number of hydrogen-bond donors (Lipinski definition) is 0. The van der Waals surface area contributed by atoms with Crippen LogP contribution >= 0.6 is 0 Å². The molecule has 0 radical (unpaired) electrons. The number of hydrogen-bond acceptors (Lipinski definition) is 2. The largest absolute Gasteiger partial charge is 0.461 e. The minimum Gasteiger partial charge on any atom is -0.461 e. The summed E-state index contributed by atoms with van der Waals surface area (Å²) < 4.78 is 25.2. The molecule has 0 atom stereocenters. The van der Waals surface area contributed by atoms with E-state index in [1.54, 1.807) is 6.92 Å². The van der Waals surface area contributed by atoms with Gasteiger partial charge in [-0.1, -0.05) is 6.08 Å². The molecule has 0 amide bonds. The first-order chi connectivity index (χ1) is 5.31. The second kappa shape index (κ2) is 4.13. The number of carbonyl (C=O) groups is 1. The smallest absolute Gasteiger partial charge is 0.302 e. The van der Waals surface area contributed by atoms with Crippen LogP contribution in [0.15, 0.2) is 11.6 Å². The van der Waals surface area contributed by atoms with Crippen LogP contribution in [0.25, 0.3) is 0 Å². The van der Waals surface area contributed by atoms with Crippen LogP contribution in [-0.2, 0) is 9.53 Å². The number of allylic oxidation sites excluding steroid dienone is 1. The van der Waals surface area contributed by atoms with E-state index in [2.05, 4.69) is 4.74 Å². The Hall–Kier alpha value is -0.790. The maximum absolute atomic E-state index is 10.3. The van der Waals surface area contributed by atoms with Gasteiger partial charge in [-0.3, -0.25) is 4.79 Å². The van der Waals surface area contributed by atoms with E-state index in [1.807, 2.05) is 0 Å². The van der Waals surface area contributed by atoms with Gasteiger partial charge < -0.3 is 4.74 Å². The summed E-state index contributed by atoms with van der Waals surface area (Å²) in [6.45, 7) is 0.843. The van der Waals surface area contributed by atoms with Gasteiger partial charge in [0.1, 0.15) is 6.61 Å². The van der Waals surface area contributed by atoms with E-state index >= 15 is 0 Å². The molecule has 0 aromatic carbocycles. The molecule has 0 unspecified atom stereocenters. The van der Waals surface area contributed by atoms with Crippen molar-refractivity contribution in [3.63, 3.8) is 0 Å². The molecule has 0 aromatic rings. The summed E-state index contributed by atoms with van der Waals surface area (Å²) in [4.78, 5) is 10.3. The zero-order chi connectivity index (χ0) is 9.78. The van der Waals surface area contributed by atoms with Crippen molar-refractivity contribution >= 4 is 5.97 Å². The molecule has 2 nitrogen and oxygen atoms in total. The Balaban J connectivity index is 3.95. The van der Waals surface area contributed by atoms with Gasteiger partial charge in [-0.2, -0.15) is 0 Å². The summed E-state index contributed by atoms with van der Waals surface area (Å²) in [6.07, 6.45) is 1.11. The number of esters is 1. The minimum absolute atomic E-state index is 0.0493. The fraction of sp³-hybridized carbons (Fsp3) is 0.571. The highest BCUT2D eigenvalue weighted by Gasteiger charge is 1.90. The zero-order valence-electron chi connectivity index (χ0n) is 8.60. The fourth-order valence-electron chi connectivity index (χ4n) is 0.257. The topological polar surface area (TPSA) is 26.3 Å². The average molecular weight is 131 g/mol. The molecule has 0 saturated carbocycles. The summed E-state index contributed by atoms with van der Waals surface area (Å²) in [7, 11) is 0. The van der Waals surface area contributed by atoms with Crippen LogP contribution in [0.3, 0.4) is 0 Å². The first kappa shape index (κ1) is 4.09. The summed E-state index contributed by atoms with van der Waals surface area (Å²) in [5, 5.41) is 0. The van der Waals surface area contributed by atoms with Crippen LogP contribution in [0.2, 0.25) is 0 Å².